The molecule has 0 aliphatic rings. The molecule has 0 aliphatic heterocycles. The smallest absolute Gasteiger partial charge is 0.315 e. The summed E-state index contributed by atoms with van der Waals surface area (Å²) in [6.07, 6.45) is 7.20. The van der Waals surface area contributed by atoms with Crippen molar-refractivity contribution in [3.63, 3.8) is 0 Å². The molecule has 2 aromatic heterocycles. The predicted octanol–water partition coefficient (Wildman–Crippen LogP) is 3.20. The third-order valence-corrected chi connectivity index (χ3v) is 4.95. The molecule has 158 valence electrons. The predicted molar refractivity (Wildman–Crippen MR) is 117 cm³/mol. The lowest BCUT2D eigenvalue weighted by molar-refractivity contribution is 0.237. The summed E-state index contributed by atoms with van der Waals surface area (Å²) in [7, 11) is 3.52. The van der Waals surface area contributed by atoms with E-state index in [1.807, 2.05) is 78.6 Å². The molecule has 8 heteroatoms. The van der Waals surface area contributed by atoms with Gasteiger partial charge in [0.2, 0.25) is 0 Å². The third kappa shape index (κ3) is 4.75. The lowest BCUT2D eigenvalue weighted by Crippen LogP contribution is -2.38. The van der Waals surface area contributed by atoms with E-state index in [1.165, 1.54) is 0 Å². The van der Waals surface area contributed by atoms with E-state index < -0.39 is 6.04 Å². The standard InChI is InChI=1S/C23H24N6O2/c1-28-13-12-24-22(28)21(18-8-10-20(31-2)11-9-18)27-23(30)25-14-17-15-26-29(16-17)19-6-4-3-5-7-19/h3-13,15-16,21H,14H2,1-2H3,(H2,25,27,30). The van der Waals surface area contributed by atoms with Crippen LogP contribution in [0, 0.1) is 0 Å². The minimum Gasteiger partial charge on any atom is -0.497 e. The monoisotopic (exact) mass is 416 g/mol. The molecule has 0 radical (unpaired) electrons. The minimum atomic E-state index is -0.405. The maximum Gasteiger partial charge on any atom is 0.315 e. The number of imidazole rings is 1. The second kappa shape index (κ2) is 9.17. The van der Waals surface area contributed by atoms with E-state index in [0.717, 1.165) is 28.4 Å². The van der Waals surface area contributed by atoms with E-state index in [1.54, 1.807) is 24.2 Å². The van der Waals surface area contributed by atoms with Gasteiger partial charge in [-0.25, -0.2) is 14.5 Å². The lowest BCUT2D eigenvalue weighted by atomic mass is 10.1. The molecule has 4 rings (SSSR count). The fraction of sp³-hybridized carbons (Fsp3) is 0.174. The molecule has 8 nitrogen and oxygen atoms in total. The Labute approximate surface area is 180 Å². The normalized spacial score (nSPS) is 11.7. The molecule has 0 saturated carbocycles. The van der Waals surface area contributed by atoms with E-state index in [4.69, 9.17) is 4.74 Å². The topological polar surface area (TPSA) is 86.0 Å². The molecule has 0 fully saturated rings. The number of nitrogens with one attached hydrogen (secondary N) is 2. The highest BCUT2D eigenvalue weighted by atomic mass is 16.5. The summed E-state index contributed by atoms with van der Waals surface area (Å²) in [5, 5.41) is 10.3. The molecule has 31 heavy (non-hydrogen) atoms. The van der Waals surface area contributed by atoms with Crippen LogP contribution in [0.3, 0.4) is 0 Å². The van der Waals surface area contributed by atoms with Crippen LogP contribution in [0.5, 0.6) is 5.75 Å². The molecule has 0 saturated heterocycles. The van der Waals surface area contributed by atoms with Crippen LogP contribution in [-0.4, -0.2) is 32.5 Å². The van der Waals surface area contributed by atoms with Crippen molar-refractivity contribution in [3.05, 3.63) is 96.3 Å². The number of carbonyl (C=O) groups is 1. The van der Waals surface area contributed by atoms with Crippen LogP contribution in [0.1, 0.15) is 23.0 Å². The SMILES string of the molecule is COc1ccc(C(NC(=O)NCc2cnn(-c3ccccc3)c2)c2nccn2C)cc1. The van der Waals surface area contributed by atoms with Gasteiger partial charge in [-0.1, -0.05) is 30.3 Å². The number of methoxy groups -OCH3 is 1. The molecule has 1 unspecified atom stereocenters. The number of amides is 2. The number of hydrogen-bond donors (Lipinski definition) is 2. The molecule has 2 amide bonds. The third-order valence-electron chi connectivity index (χ3n) is 4.95. The Morgan fingerprint density at radius 1 is 1.13 bits per heavy atom. The van der Waals surface area contributed by atoms with Crippen molar-refractivity contribution in [1.82, 2.24) is 30.0 Å². The average molecular weight is 416 g/mol. The summed E-state index contributed by atoms with van der Waals surface area (Å²) in [6.45, 7) is 0.356. The van der Waals surface area contributed by atoms with Crippen molar-refractivity contribution < 1.29 is 9.53 Å². The second-order valence-corrected chi connectivity index (χ2v) is 7.06. The molecular formula is C23H24N6O2. The van der Waals surface area contributed by atoms with Gasteiger partial charge in [-0.2, -0.15) is 5.10 Å². The minimum absolute atomic E-state index is 0.295. The summed E-state index contributed by atoms with van der Waals surface area (Å²) >= 11 is 0. The van der Waals surface area contributed by atoms with Gasteiger partial charge in [0.05, 0.1) is 19.0 Å². The zero-order valence-electron chi connectivity index (χ0n) is 17.4. The van der Waals surface area contributed by atoms with Crippen molar-refractivity contribution in [2.75, 3.05) is 7.11 Å². The quantitative estimate of drug-likeness (QED) is 0.484. The molecule has 2 aromatic carbocycles. The lowest BCUT2D eigenvalue weighted by Gasteiger charge is -2.19. The fourth-order valence-corrected chi connectivity index (χ4v) is 3.29. The Kier molecular flexibility index (Phi) is 5.98. The van der Waals surface area contributed by atoms with Crippen molar-refractivity contribution in [3.8, 4) is 11.4 Å². The molecule has 4 aromatic rings. The Morgan fingerprint density at radius 2 is 1.90 bits per heavy atom. The van der Waals surface area contributed by atoms with Crippen molar-refractivity contribution in [1.29, 1.82) is 0 Å². The van der Waals surface area contributed by atoms with Gasteiger partial charge >= 0.3 is 6.03 Å². The largest absolute Gasteiger partial charge is 0.497 e. The molecule has 0 spiro atoms. The highest BCUT2D eigenvalue weighted by molar-refractivity contribution is 5.74. The van der Waals surface area contributed by atoms with Crippen molar-refractivity contribution >= 4 is 6.03 Å². The molecule has 2 heterocycles. The zero-order chi connectivity index (χ0) is 21.6. The summed E-state index contributed by atoms with van der Waals surface area (Å²) in [5.41, 5.74) is 2.77. The average Bonchev–Trinajstić information content (AvgIpc) is 3.46. The van der Waals surface area contributed by atoms with Crippen LogP contribution in [0.15, 0.2) is 79.4 Å². The van der Waals surface area contributed by atoms with Gasteiger partial charge in [0.25, 0.3) is 0 Å². The molecular weight excluding hydrogens is 392 g/mol. The number of ether oxygens (including phenoxy) is 1. The fourth-order valence-electron chi connectivity index (χ4n) is 3.29. The Morgan fingerprint density at radius 3 is 2.58 bits per heavy atom. The Bertz CT molecular complexity index is 1130. The molecule has 1 atom stereocenters. The maximum absolute atomic E-state index is 12.7. The van der Waals surface area contributed by atoms with E-state index in [-0.39, 0.29) is 6.03 Å². The number of urea groups is 1. The summed E-state index contributed by atoms with van der Waals surface area (Å²) in [6, 6.07) is 16.7. The van der Waals surface area contributed by atoms with E-state index in [0.29, 0.717) is 6.54 Å². The van der Waals surface area contributed by atoms with Crippen LogP contribution in [0.4, 0.5) is 4.79 Å². The first-order chi connectivity index (χ1) is 15.1. The highest BCUT2D eigenvalue weighted by Crippen LogP contribution is 2.23. The Hall–Kier alpha value is -4.07. The van der Waals surface area contributed by atoms with Gasteiger partial charge in [0.1, 0.15) is 17.6 Å². The van der Waals surface area contributed by atoms with Crippen molar-refractivity contribution in [2.45, 2.75) is 12.6 Å². The van der Waals surface area contributed by atoms with Crippen LogP contribution >= 0.6 is 0 Å². The number of hydrogen-bond acceptors (Lipinski definition) is 4. The van der Waals surface area contributed by atoms with Gasteiger partial charge in [-0.15, -0.1) is 0 Å². The van der Waals surface area contributed by atoms with E-state index in [9.17, 15) is 4.79 Å². The van der Waals surface area contributed by atoms with Gasteiger partial charge in [0.15, 0.2) is 0 Å². The number of nitrogens with zero attached hydrogens (tertiary/aromatic N) is 4. The second-order valence-electron chi connectivity index (χ2n) is 7.06. The first-order valence-electron chi connectivity index (χ1n) is 9.88. The number of rotatable bonds is 7. The molecule has 0 aliphatic carbocycles. The first-order valence-corrected chi connectivity index (χ1v) is 9.88. The van der Waals surface area contributed by atoms with Crippen LogP contribution in [0.25, 0.3) is 5.69 Å². The number of para-hydroxylation sites is 1. The van der Waals surface area contributed by atoms with Gasteiger partial charge < -0.3 is 19.9 Å². The van der Waals surface area contributed by atoms with Crippen molar-refractivity contribution in [2.24, 2.45) is 7.05 Å². The number of aryl methyl sites for hydroxylation is 1. The number of aromatic nitrogens is 4. The Balaban J connectivity index is 1.44. The molecule has 2 N–H and O–H groups in total. The molecule has 0 bridgehead atoms. The summed E-state index contributed by atoms with van der Waals surface area (Å²) in [5.74, 6) is 1.49. The zero-order valence-corrected chi connectivity index (χ0v) is 17.4. The van der Waals surface area contributed by atoms with Crippen LogP contribution in [-0.2, 0) is 13.6 Å². The summed E-state index contributed by atoms with van der Waals surface area (Å²) in [4.78, 5) is 17.1. The van der Waals surface area contributed by atoms with Gasteiger partial charge in [0, 0.05) is 37.7 Å². The first kappa shape index (κ1) is 20.2. The number of carbonyl (C=O) groups excluding carboxylic acids is 1. The van der Waals surface area contributed by atoms with Crippen LogP contribution < -0.4 is 15.4 Å². The van der Waals surface area contributed by atoms with E-state index >= 15 is 0 Å². The highest BCUT2D eigenvalue weighted by Gasteiger charge is 2.21. The van der Waals surface area contributed by atoms with Gasteiger partial charge in [-0.05, 0) is 29.8 Å². The van der Waals surface area contributed by atoms with E-state index in [2.05, 4.69) is 20.7 Å². The maximum atomic E-state index is 12.7. The number of benzene rings is 2. The van der Waals surface area contributed by atoms with Gasteiger partial charge in [-0.3, -0.25) is 0 Å². The summed E-state index contributed by atoms with van der Waals surface area (Å²) < 4.78 is 8.91. The van der Waals surface area contributed by atoms with Crippen LogP contribution in [0.2, 0.25) is 0 Å².